The van der Waals surface area contributed by atoms with E-state index < -0.39 is 11.7 Å². The van der Waals surface area contributed by atoms with Crippen LogP contribution in [-0.4, -0.2) is 26.4 Å². The van der Waals surface area contributed by atoms with Gasteiger partial charge in [-0.2, -0.15) is 0 Å². The molecule has 0 atom stereocenters. The minimum Gasteiger partial charge on any atom is -0.508 e. The number of phenols is 3. The van der Waals surface area contributed by atoms with Crippen molar-refractivity contribution < 1.29 is 30.0 Å². The summed E-state index contributed by atoms with van der Waals surface area (Å²) in [6, 6.07) is 7.55. The molecule has 2 aromatic carbocycles. The Kier molecular flexibility index (Phi) is 6.97. The predicted molar refractivity (Wildman–Crippen MR) is 128 cm³/mol. The van der Waals surface area contributed by atoms with E-state index in [0.29, 0.717) is 29.5 Å². The fourth-order valence-electron chi connectivity index (χ4n) is 3.38. The molecule has 0 bridgehead atoms. The van der Waals surface area contributed by atoms with Gasteiger partial charge in [-0.25, -0.2) is 4.79 Å². The van der Waals surface area contributed by atoms with E-state index in [1.54, 1.807) is 18.2 Å². The Balaban J connectivity index is 2.02. The Hall–Kier alpha value is -3.93. The van der Waals surface area contributed by atoms with Crippen molar-refractivity contribution in [2.24, 2.45) is 0 Å². The molecule has 4 N–H and O–H groups in total. The number of phenolic OH excluding ortho intramolecular Hbond substituents is 3. The zero-order valence-electron chi connectivity index (χ0n) is 19.1. The van der Waals surface area contributed by atoms with Crippen molar-refractivity contribution in [3.05, 3.63) is 87.4 Å². The normalized spacial score (nSPS) is 14.4. The topological polar surface area (TPSA) is 107 Å². The minimum absolute atomic E-state index is 0.0628. The van der Waals surface area contributed by atoms with Crippen molar-refractivity contribution in [3.8, 4) is 17.2 Å². The summed E-state index contributed by atoms with van der Waals surface area (Å²) in [4.78, 5) is 12.6. The van der Waals surface area contributed by atoms with Crippen LogP contribution in [0.15, 0.2) is 65.1 Å². The number of ether oxygens (including phenoxy) is 1. The molecule has 0 saturated heterocycles. The van der Waals surface area contributed by atoms with Crippen molar-refractivity contribution in [3.63, 3.8) is 0 Å². The second-order valence-corrected chi connectivity index (χ2v) is 8.48. The molecule has 1 aliphatic heterocycles. The van der Waals surface area contributed by atoms with Crippen LogP contribution in [0.5, 0.6) is 17.2 Å². The third kappa shape index (κ3) is 5.47. The van der Waals surface area contributed by atoms with Crippen LogP contribution in [-0.2, 0) is 22.4 Å². The molecule has 2 aromatic rings. The predicted octanol–water partition coefficient (Wildman–Crippen LogP) is 5.69. The molecular weight excluding hydrogens is 420 g/mol. The van der Waals surface area contributed by atoms with Crippen LogP contribution in [0.25, 0.3) is 11.6 Å². The summed E-state index contributed by atoms with van der Waals surface area (Å²) in [6.07, 6.45) is 6.31. The molecule has 0 spiro atoms. The number of carbonyl (C=O) groups excluding carboxylic acids is 1. The minimum atomic E-state index is -0.809. The van der Waals surface area contributed by atoms with Gasteiger partial charge in [0.15, 0.2) is 11.5 Å². The summed E-state index contributed by atoms with van der Waals surface area (Å²) in [7, 11) is 0. The van der Waals surface area contributed by atoms with Gasteiger partial charge >= 0.3 is 5.97 Å². The lowest BCUT2D eigenvalue weighted by atomic mass is 9.98. The smallest absolute Gasteiger partial charge is 0.348 e. The van der Waals surface area contributed by atoms with E-state index in [1.165, 1.54) is 12.1 Å². The molecule has 33 heavy (non-hydrogen) atoms. The number of allylic oxidation sites excluding steroid dienone is 4. The number of aliphatic hydroxyl groups excluding tert-OH is 1. The largest absolute Gasteiger partial charge is 0.508 e. The highest BCUT2D eigenvalue weighted by molar-refractivity contribution is 6.21. The number of hydrogen-bond acceptors (Lipinski definition) is 6. The fourth-order valence-corrected chi connectivity index (χ4v) is 3.38. The first-order chi connectivity index (χ1) is 15.6. The van der Waals surface area contributed by atoms with Crippen LogP contribution in [0.2, 0.25) is 0 Å². The molecule has 0 fully saturated rings. The fraction of sp³-hybridized carbons (Fsp3) is 0.222. The second kappa shape index (κ2) is 9.69. The van der Waals surface area contributed by atoms with E-state index in [2.05, 4.69) is 0 Å². The Morgan fingerprint density at radius 3 is 2.03 bits per heavy atom. The summed E-state index contributed by atoms with van der Waals surface area (Å²) in [5.74, 6) is -1.58. The highest BCUT2D eigenvalue weighted by Gasteiger charge is 2.33. The van der Waals surface area contributed by atoms with Crippen molar-refractivity contribution >= 4 is 17.6 Å². The monoisotopic (exact) mass is 448 g/mol. The van der Waals surface area contributed by atoms with Gasteiger partial charge in [0.25, 0.3) is 0 Å². The number of benzene rings is 2. The molecule has 3 rings (SSSR count). The van der Waals surface area contributed by atoms with Gasteiger partial charge in [-0.05, 0) is 81.5 Å². The van der Waals surface area contributed by atoms with Crippen LogP contribution < -0.4 is 0 Å². The lowest BCUT2D eigenvalue weighted by Gasteiger charge is -2.09. The van der Waals surface area contributed by atoms with Crippen molar-refractivity contribution in [2.75, 3.05) is 0 Å². The zero-order chi connectivity index (χ0) is 24.3. The molecule has 1 aliphatic rings. The third-order valence-electron chi connectivity index (χ3n) is 5.21. The third-order valence-corrected chi connectivity index (χ3v) is 5.21. The van der Waals surface area contributed by atoms with E-state index in [1.807, 2.05) is 39.8 Å². The first kappa shape index (κ1) is 23.7. The first-order valence-corrected chi connectivity index (χ1v) is 10.6. The number of esters is 1. The first-order valence-electron chi connectivity index (χ1n) is 10.6. The van der Waals surface area contributed by atoms with Gasteiger partial charge in [0.05, 0.1) is 0 Å². The molecule has 0 radical (unpaired) electrons. The number of cyclic esters (lactones) is 1. The number of rotatable bonds is 6. The molecule has 1 heterocycles. The Labute approximate surface area is 193 Å². The molecule has 0 aliphatic carbocycles. The van der Waals surface area contributed by atoms with Crippen molar-refractivity contribution in [1.29, 1.82) is 0 Å². The van der Waals surface area contributed by atoms with Crippen molar-refractivity contribution in [2.45, 2.75) is 40.5 Å². The molecule has 0 aromatic heterocycles. The van der Waals surface area contributed by atoms with Crippen molar-refractivity contribution in [1.82, 2.24) is 0 Å². The molecule has 0 amide bonds. The molecule has 172 valence electrons. The maximum Gasteiger partial charge on any atom is 0.348 e. The van der Waals surface area contributed by atoms with Crippen LogP contribution in [0.4, 0.5) is 0 Å². The summed E-state index contributed by atoms with van der Waals surface area (Å²) in [6.45, 7) is 7.78. The number of aliphatic hydroxyl groups is 1. The van der Waals surface area contributed by atoms with E-state index >= 15 is 0 Å². The lowest BCUT2D eigenvalue weighted by molar-refractivity contribution is -0.131. The number of aromatic hydroxyl groups is 3. The van der Waals surface area contributed by atoms with Gasteiger partial charge < -0.3 is 25.2 Å². The molecule has 0 saturated carbocycles. The van der Waals surface area contributed by atoms with Gasteiger partial charge in [0.1, 0.15) is 22.8 Å². The Bertz CT molecular complexity index is 1220. The zero-order valence-corrected chi connectivity index (χ0v) is 19.1. The summed E-state index contributed by atoms with van der Waals surface area (Å²) in [5.41, 5.74) is 3.88. The van der Waals surface area contributed by atoms with Gasteiger partial charge in [-0.3, -0.25) is 0 Å². The number of hydrogen-bond donors (Lipinski definition) is 4. The highest BCUT2D eigenvalue weighted by Crippen LogP contribution is 2.39. The standard InChI is InChI=1S/C27H28O6/c1-15(2)5-8-18-11-17(7-10-21(18)28)12-24-26(31)25(27(32)33-24)20-13-19(9-6-16(3)4)22(29)14-23(20)30/h5-7,10-14,28-31H,8-9H2,1-4H3/b24-12-. The van der Waals surface area contributed by atoms with Crippen LogP contribution in [0, 0.1) is 0 Å². The Morgan fingerprint density at radius 1 is 0.818 bits per heavy atom. The molecular formula is C27H28O6. The summed E-state index contributed by atoms with van der Waals surface area (Å²) in [5, 5.41) is 41.4. The number of carbonyl (C=O) groups is 1. The SMILES string of the molecule is CC(C)=CCc1cc(/C=C2\OC(=O)C(c3cc(CC=C(C)C)c(O)cc3O)=C2O)ccc1O. The maximum atomic E-state index is 12.6. The molecule has 6 nitrogen and oxygen atoms in total. The van der Waals surface area contributed by atoms with Gasteiger partial charge in [0.2, 0.25) is 0 Å². The quantitative estimate of drug-likeness (QED) is 0.334. The summed E-state index contributed by atoms with van der Waals surface area (Å²) < 4.78 is 5.27. The summed E-state index contributed by atoms with van der Waals surface area (Å²) >= 11 is 0. The van der Waals surface area contributed by atoms with E-state index in [9.17, 15) is 25.2 Å². The lowest BCUT2D eigenvalue weighted by Crippen LogP contribution is -2.00. The van der Waals surface area contributed by atoms with E-state index in [-0.39, 0.29) is 34.1 Å². The van der Waals surface area contributed by atoms with Gasteiger partial charge in [0, 0.05) is 11.6 Å². The highest BCUT2D eigenvalue weighted by atomic mass is 16.6. The average Bonchev–Trinajstić information content (AvgIpc) is 3.00. The van der Waals surface area contributed by atoms with Crippen LogP contribution in [0.1, 0.15) is 49.9 Å². The van der Waals surface area contributed by atoms with Gasteiger partial charge in [-0.1, -0.05) is 29.4 Å². The van der Waals surface area contributed by atoms with E-state index in [0.717, 1.165) is 17.2 Å². The molecule has 0 unspecified atom stereocenters. The van der Waals surface area contributed by atoms with Crippen LogP contribution in [0.3, 0.4) is 0 Å². The Morgan fingerprint density at radius 2 is 1.42 bits per heavy atom. The average molecular weight is 449 g/mol. The second-order valence-electron chi connectivity index (χ2n) is 8.48. The van der Waals surface area contributed by atoms with Crippen LogP contribution >= 0.6 is 0 Å². The molecule has 6 heteroatoms. The van der Waals surface area contributed by atoms with Gasteiger partial charge in [-0.15, -0.1) is 0 Å². The van der Waals surface area contributed by atoms with E-state index in [4.69, 9.17) is 4.74 Å². The maximum absolute atomic E-state index is 12.6.